The van der Waals surface area contributed by atoms with Gasteiger partial charge in [0, 0.05) is 21.8 Å². The number of amides is 1. The van der Waals surface area contributed by atoms with Crippen molar-refractivity contribution >= 4 is 23.2 Å². The SMILES string of the molecule is O=C(NO)c1ccc(NCc2nc(-c3ccccc3)nn2-c2cccc(Cl)c2)cc1. The highest BCUT2D eigenvalue weighted by Crippen LogP contribution is 2.21. The Labute approximate surface area is 177 Å². The number of benzene rings is 3. The number of halogens is 1. The fourth-order valence-corrected chi connectivity index (χ4v) is 3.15. The molecule has 7 nitrogen and oxygen atoms in total. The molecule has 1 aromatic heterocycles. The lowest BCUT2D eigenvalue weighted by molar-refractivity contribution is 0.0706. The van der Waals surface area contributed by atoms with Crippen molar-refractivity contribution in [3.63, 3.8) is 0 Å². The van der Waals surface area contributed by atoms with E-state index in [2.05, 4.69) is 10.4 Å². The molecule has 8 heteroatoms. The topological polar surface area (TPSA) is 92.1 Å². The molecular formula is C22H18ClN5O2. The maximum Gasteiger partial charge on any atom is 0.274 e. The van der Waals surface area contributed by atoms with Crippen molar-refractivity contribution < 1.29 is 10.0 Å². The predicted molar refractivity (Wildman–Crippen MR) is 115 cm³/mol. The largest absolute Gasteiger partial charge is 0.378 e. The molecule has 0 fully saturated rings. The van der Waals surface area contributed by atoms with Gasteiger partial charge in [-0.2, -0.15) is 0 Å². The molecule has 0 aliphatic rings. The van der Waals surface area contributed by atoms with E-state index in [1.54, 1.807) is 34.4 Å². The number of aromatic nitrogens is 3. The van der Waals surface area contributed by atoms with Crippen molar-refractivity contribution in [3.05, 3.63) is 95.3 Å². The van der Waals surface area contributed by atoms with Crippen LogP contribution in [0.4, 0.5) is 5.69 Å². The van der Waals surface area contributed by atoms with Gasteiger partial charge in [-0.1, -0.05) is 48.0 Å². The molecule has 0 unspecified atom stereocenters. The number of nitrogens with zero attached hydrogens (tertiary/aromatic N) is 3. The van der Waals surface area contributed by atoms with Crippen LogP contribution in [-0.4, -0.2) is 25.9 Å². The fourth-order valence-electron chi connectivity index (χ4n) is 2.97. The van der Waals surface area contributed by atoms with E-state index in [0.29, 0.717) is 28.8 Å². The summed E-state index contributed by atoms with van der Waals surface area (Å²) in [4.78, 5) is 16.2. The van der Waals surface area contributed by atoms with Crippen LogP contribution in [0.3, 0.4) is 0 Å². The molecule has 3 aromatic carbocycles. The number of hydrogen-bond donors (Lipinski definition) is 3. The molecule has 3 N–H and O–H groups in total. The molecule has 150 valence electrons. The van der Waals surface area contributed by atoms with Crippen LogP contribution in [0.1, 0.15) is 16.2 Å². The molecule has 1 amide bonds. The first-order chi connectivity index (χ1) is 14.6. The quantitative estimate of drug-likeness (QED) is 0.320. The van der Waals surface area contributed by atoms with Crippen molar-refractivity contribution in [2.24, 2.45) is 0 Å². The van der Waals surface area contributed by atoms with Gasteiger partial charge in [-0.25, -0.2) is 15.1 Å². The van der Waals surface area contributed by atoms with Crippen LogP contribution in [0.2, 0.25) is 5.02 Å². The molecule has 0 atom stereocenters. The molecule has 0 aliphatic heterocycles. The van der Waals surface area contributed by atoms with Crippen molar-refractivity contribution in [2.45, 2.75) is 6.54 Å². The van der Waals surface area contributed by atoms with Crippen LogP contribution in [0.25, 0.3) is 17.1 Å². The number of nitrogens with one attached hydrogen (secondary N) is 2. The molecule has 0 saturated heterocycles. The van der Waals surface area contributed by atoms with E-state index < -0.39 is 5.91 Å². The number of rotatable bonds is 6. The summed E-state index contributed by atoms with van der Waals surface area (Å²) in [5.74, 6) is 0.755. The Hall–Kier alpha value is -3.68. The summed E-state index contributed by atoms with van der Waals surface area (Å²) in [6.07, 6.45) is 0. The van der Waals surface area contributed by atoms with Gasteiger partial charge in [0.2, 0.25) is 0 Å². The number of carbonyl (C=O) groups is 1. The van der Waals surface area contributed by atoms with E-state index >= 15 is 0 Å². The summed E-state index contributed by atoms with van der Waals surface area (Å²) in [6, 6.07) is 23.9. The Bertz CT molecular complexity index is 1160. The molecule has 0 radical (unpaired) electrons. The van der Waals surface area contributed by atoms with Gasteiger partial charge >= 0.3 is 0 Å². The second-order valence-corrected chi connectivity index (χ2v) is 6.92. The van der Waals surface area contributed by atoms with Crippen molar-refractivity contribution in [3.8, 4) is 17.1 Å². The van der Waals surface area contributed by atoms with Gasteiger partial charge < -0.3 is 5.32 Å². The van der Waals surface area contributed by atoms with Gasteiger partial charge in [-0.05, 0) is 42.5 Å². The van der Waals surface area contributed by atoms with Crippen LogP contribution >= 0.6 is 11.6 Å². The first kappa shape index (κ1) is 19.6. The monoisotopic (exact) mass is 419 g/mol. The van der Waals surface area contributed by atoms with Gasteiger partial charge in [0.15, 0.2) is 11.6 Å². The molecular weight excluding hydrogens is 402 g/mol. The molecule has 4 aromatic rings. The molecule has 0 saturated carbocycles. The summed E-state index contributed by atoms with van der Waals surface area (Å²) in [6.45, 7) is 0.401. The summed E-state index contributed by atoms with van der Waals surface area (Å²) >= 11 is 6.17. The highest BCUT2D eigenvalue weighted by Gasteiger charge is 2.13. The van der Waals surface area contributed by atoms with E-state index in [1.165, 1.54) is 0 Å². The first-order valence-electron chi connectivity index (χ1n) is 9.20. The lowest BCUT2D eigenvalue weighted by atomic mass is 10.2. The lowest BCUT2D eigenvalue weighted by Gasteiger charge is -2.09. The maximum absolute atomic E-state index is 11.5. The molecule has 4 rings (SSSR count). The van der Waals surface area contributed by atoms with Gasteiger partial charge in [0.25, 0.3) is 5.91 Å². The van der Waals surface area contributed by atoms with Crippen LogP contribution in [-0.2, 0) is 6.54 Å². The number of hydroxylamine groups is 1. The van der Waals surface area contributed by atoms with Gasteiger partial charge in [-0.3, -0.25) is 10.0 Å². The highest BCUT2D eigenvalue weighted by atomic mass is 35.5. The summed E-state index contributed by atoms with van der Waals surface area (Å²) in [5.41, 5.74) is 4.50. The van der Waals surface area contributed by atoms with Crippen molar-refractivity contribution in [1.29, 1.82) is 0 Å². The first-order valence-corrected chi connectivity index (χ1v) is 9.57. The van der Waals surface area contributed by atoms with Crippen LogP contribution in [0.5, 0.6) is 0 Å². The van der Waals surface area contributed by atoms with Crippen molar-refractivity contribution in [1.82, 2.24) is 20.2 Å². The third-order valence-corrected chi connectivity index (χ3v) is 4.69. The number of anilines is 1. The van der Waals surface area contributed by atoms with Gasteiger partial charge in [-0.15, -0.1) is 5.10 Å². The van der Waals surface area contributed by atoms with Crippen LogP contribution in [0, 0.1) is 0 Å². The maximum atomic E-state index is 11.5. The number of hydrogen-bond acceptors (Lipinski definition) is 5. The molecule has 30 heavy (non-hydrogen) atoms. The minimum atomic E-state index is -0.560. The van der Waals surface area contributed by atoms with Gasteiger partial charge in [0.05, 0.1) is 12.2 Å². The fraction of sp³-hybridized carbons (Fsp3) is 0.0455. The average Bonchev–Trinajstić information content (AvgIpc) is 3.22. The van der Waals surface area contributed by atoms with Crippen LogP contribution < -0.4 is 10.8 Å². The van der Waals surface area contributed by atoms with E-state index in [0.717, 1.165) is 16.9 Å². The third-order valence-electron chi connectivity index (χ3n) is 4.46. The second-order valence-electron chi connectivity index (χ2n) is 6.48. The van der Waals surface area contributed by atoms with Crippen LogP contribution in [0.15, 0.2) is 78.9 Å². The van der Waals surface area contributed by atoms with E-state index in [4.69, 9.17) is 21.8 Å². The Morgan fingerprint density at radius 1 is 1.00 bits per heavy atom. The van der Waals surface area contributed by atoms with Crippen molar-refractivity contribution in [2.75, 3.05) is 5.32 Å². The van der Waals surface area contributed by atoms with Gasteiger partial charge in [0.1, 0.15) is 0 Å². The highest BCUT2D eigenvalue weighted by molar-refractivity contribution is 6.30. The molecule has 0 bridgehead atoms. The Kier molecular flexibility index (Phi) is 5.74. The zero-order valence-electron chi connectivity index (χ0n) is 15.8. The molecule has 0 spiro atoms. The summed E-state index contributed by atoms with van der Waals surface area (Å²) < 4.78 is 1.76. The second kappa shape index (κ2) is 8.77. The lowest BCUT2D eigenvalue weighted by Crippen LogP contribution is -2.18. The summed E-state index contributed by atoms with van der Waals surface area (Å²) in [7, 11) is 0. The zero-order chi connectivity index (χ0) is 20.9. The zero-order valence-corrected chi connectivity index (χ0v) is 16.5. The average molecular weight is 420 g/mol. The summed E-state index contributed by atoms with van der Waals surface area (Å²) in [5, 5.41) is 17.3. The number of carbonyl (C=O) groups excluding carboxylic acids is 1. The Morgan fingerprint density at radius 2 is 1.77 bits per heavy atom. The van der Waals surface area contributed by atoms with E-state index in [-0.39, 0.29) is 0 Å². The Morgan fingerprint density at radius 3 is 2.47 bits per heavy atom. The smallest absolute Gasteiger partial charge is 0.274 e. The minimum absolute atomic E-state index is 0.358. The predicted octanol–water partition coefficient (Wildman–Crippen LogP) is 4.32. The van der Waals surface area contributed by atoms with E-state index in [9.17, 15) is 4.79 Å². The Balaban J connectivity index is 1.62. The third kappa shape index (κ3) is 4.32. The van der Waals surface area contributed by atoms with E-state index in [1.807, 2.05) is 54.6 Å². The standard InChI is InChI=1S/C22H18ClN5O2/c23-17-7-4-8-19(13-17)28-20(25-21(26-28)15-5-2-1-3-6-15)14-24-18-11-9-16(10-12-18)22(29)27-30/h1-13,24,30H,14H2,(H,27,29). The molecule has 0 aliphatic carbocycles. The normalized spacial score (nSPS) is 10.6. The molecule has 1 heterocycles. The minimum Gasteiger partial charge on any atom is -0.378 e.